The van der Waals surface area contributed by atoms with Crippen LogP contribution in [0.3, 0.4) is 0 Å². The molecule has 0 aliphatic rings. The molecule has 0 aliphatic heterocycles. The number of rotatable bonds is 5. The van der Waals surface area contributed by atoms with Crippen LogP contribution < -0.4 is 10.6 Å². The summed E-state index contributed by atoms with van der Waals surface area (Å²) in [5.41, 5.74) is 3.28. The maximum absolute atomic E-state index is 12.9. The van der Waals surface area contributed by atoms with E-state index < -0.39 is 0 Å². The molecule has 0 radical (unpaired) electrons. The lowest BCUT2D eigenvalue weighted by molar-refractivity contribution is 0.102. The van der Waals surface area contributed by atoms with E-state index in [1.54, 1.807) is 0 Å². The smallest absolute Gasteiger partial charge is 0.255 e. The summed E-state index contributed by atoms with van der Waals surface area (Å²) in [6, 6.07) is 23.0. The molecule has 120 valence electrons. The highest BCUT2D eigenvalue weighted by Gasteiger charge is 2.06. The number of anilines is 2. The fraction of sp³-hybridized carbons (Fsp3) is 0.0500. The molecule has 2 N–H and O–H groups in total. The minimum absolute atomic E-state index is 0.264. The lowest BCUT2D eigenvalue weighted by atomic mass is 10.2. The maximum atomic E-state index is 12.9. The van der Waals surface area contributed by atoms with E-state index in [-0.39, 0.29) is 11.7 Å². The average molecular weight is 320 g/mol. The van der Waals surface area contributed by atoms with Crippen LogP contribution >= 0.6 is 0 Å². The van der Waals surface area contributed by atoms with Crippen LogP contribution in [-0.2, 0) is 6.54 Å². The van der Waals surface area contributed by atoms with Crippen LogP contribution in [0.1, 0.15) is 15.9 Å². The summed E-state index contributed by atoms with van der Waals surface area (Å²) in [4.78, 5) is 12.1. The van der Waals surface area contributed by atoms with Crippen molar-refractivity contribution in [1.29, 1.82) is 0 Å². The maximum Gasteiger partial charge on any atom is 0.255 e. The van der Waals surface area contributed by atoms with E-state index in [1.807, 2.05) is 42.5 Å². The topological polar surface area (TPSA) is 41.1 Å². The number of benzene rings is 3. The number of hydrogen-bond donors (Lipinski definition) is 2. The summed E-state index contributed by atoms with van der Waals surface area (Å²) < 4.78 is 12.9. The van der Waals surface area contributed by atoms with Gasteiger partial charge in [-0.05, 0) is 54.1 Å². The molecule has 4 heteroatoms. The zero-order valence-corrected chi connectivity index (χ0v) is 13.0. The molecule has 0 unspecified atom stereocenters. The molecule has 0 atom stereocenters. The van der Waals surface area contributed by atoms with Crippen molar-refractivity contribution in [3.8, 4) is 0 Å². The van der Waals surface area contributed by atoms with Crippen molar-refractivity contribution in [2.75, 3.05) is 10.6 Å². The lowest BCUT2D eigenvalue weighted by Gasteiger charge is -2.09. The Labute approximate surface area is 140 Å². The number of halogens is 1. The highest BCUT2D eigenvalue weighted by molar-refractivity contribution is 6.04. The number of hydrogen-bond acceptors (Lipinski definition) is 2. The first-order chi connectivity index (χ1) is 11.7. The van der Waals surface area contributed by atoms with Crippen molar-refractivity contribution in [2.24, 2.45) is 0 Å². The second kappa shape index (κ2) is 7.42. The number of carbonyl (C=O) groups excluding carboxylic acids is 1. The largest absolute Gasteiger partial charge is 0.381 e. The highest BCUT2D eigenvalue weighted by atomic mass is 19.1. The van der Waals surface area contributed by atoms with Gasteiger partial charge in [0.2, 0.25) is 0 Å². The second-order valence-corrected chi connectivity index (χ2v) is 5.38. The Morgan fingerprint density at radius 1 is 0.792 bits per heavy atom. The van der Waals surface area contributed by atoms with Gasteiger partial charge in [-0.25, -0.2) is 4.39 Å². The molecule has 3 rings (SSSR count). The minimum Gasteiger partial charge on any atom is -0.381 e. The zero-order chi connectivity index (χ0) is 16.8. The summed E-state index contributed by atoms with van der Waals surface area (Å²) in [6.45, 7) is 0.738. The fourth-order valence-corrected chi connectivity index (χ4v) is 2.28. The van der Waals surface area contributed by atoms with Crippen LogP contribution in [0.4, 0.5) is 15.8 Å². The Morgan fingerprint density at radius 3 is 2.08 bits per heavy atom. The first-order valence-electron chi connectivity index (χ1n) is 7.65. The van der Waals surface area contributed by atoms with Gasteiger partial charge in [0.15, 0.2) is 0 Å². The zero-order valence-electron chi connectivity index (χ0n) is 13.0. The lowest BCUT2D eigenvalue weighted by Crippen LogP contribution is -2.11. The van der Waals surface area contributed by atoms with Crippen LogP contribution in [0.15, 0.2) is 78.9 Å². The summed E-state index contributed by atoms with van der Waals surface area (Å²) in [5.74, 6) is -0.625. The predicted octanol–water partition coefficient (Wildman–Crippen LogP) is 4.69. The Hall–Kier alpha value is -3.14. The molecule has 0 fully saturated rings. The van der Waals surface area contributed by atoms with Crippen molar-refractivity contribution < 1.29 is 9.18 Å². The molecule has 0 spiro atoms. The summed E-state index contributed by atoms with van der Waals surface area (Å²) in [6.07, 6.45) is 0. The molecule has 0 heterocycles. The van der Waals surface area contributed by atoms with Crippen molar-refractivity contribution in [3.63, 3.8) is 0 Å². The van der Waals surface area contributed by atoms with Crippen molar-refractivity contribution in [2.45, 2.75) is 6.54 Å². The van der Waals surface area contributed by atoms with Crippen molar-refractivity contribution in [1.82, 2.24) is 0 Å². The van der Waals surface area contributed by atoms with Gasteiger partial charge in [-0.1, -0.05) is 30.3 Å². The Balaban J connectivity index is 1.58. The van der Waals surface area contributed by atoms with Crippen LogP contribution in [0.25, 0.3) is 0 Å². The van der Waals surface area contributed by atoms with E-state index in [4.69, 9.17) is 0 Å². The molecule has 1 amide bonds. The molecular formula is C20H17FN2O. The van der Waals surface area contributed by atoms with Crippen molar-refractivity contribution in [3.05, 3.63) is 95.8 Å². The van der Waals surface area contributed by atoms with E-state index in [0.29, 0.717) is 11.3 Å². The third-order valence-corrected chi connectivity index (χ3v) is 3.59. The predicted molar refractivity (Wildman–Crippen MR) is 94.6 cm³/mol. The standard InChI is InChI=1S/C20H17FN2O/c21-17-8-6-16(7-9-17)20(24)23-19-12-10-18(11-13-19)22-14-15-4-2-1-3-5-15/h1-13,22H,14H2,(H,23,24). The van der Waals surface area contributed by atoms with E-state index in [1.165, 1.54) is 29.8 Å². The van der Waals surface area contributed by atoms with Gasteiger partial charge in [0, 0.05) is 23.5 Å². The second-order valence-electron chi connectivity index (χ2n) is 5.38. The van der Waals surface area contributed by atoms with Crippen molar-refractivity contribution >= 4 is 17.3 Å². The first-order valence-corrected chi connectivity index (χ1v) is 7.65. The van der Waals surface area contributed by atoms with Crippen LogP contribution in [0.5, 0.6) is 0 Å². The molecule has 0 saturated heterocycles. The highest BCUT2D eigenvalue weighted by Crippen LogP contribution is 2.16. The monoisotopic (exact) mass is 320 g/mol. The molecular weight excluding hydrogens is 303 g/mol. The SMILES string of the molecule is O=C(Nc1ccc(NCc2ccccc2)cc1)c1ccc(F)cc1. The average Bonchev–Trinajstić information content (AvgIpc) is 2.62. The third-order valence-electron chi connectivity index (χ3n) is 3.59. The van der Waals surface area contributed by atoms with Gasteiger partial charge >= 0.3 is 0 Å². The summed E-state index contributed by atoms with van der Waals surface area (Å²) in [5, 5.41) is 6.11. The molecule has 24 heavy (non-hydrogen) atoms. The third kappa shape index (κ3) is 4.20. The van der Waals surface area contributed by atoms with Crippen LogP contribution in [0.2, 0.25) is 0 Å². The minimum atomic E-state index is -0.361. The number of carbonyl (C=O) groups is 1. The molecule has 3 aromatic carbocycles. The van der Waals surface area contributed by atoms with E-state index >= 15 is 0 Å². The Kier molecular flexibility index (Phi) is 4.87. The molecule has 0 aromatic heterocycles. The van der Waals surface area contributed by atoms with Gasteiger partial charge in [-0.2, -0.15) is 0 Å². The number of nitrogens with one attached hydrogen (secondary N) is 2. The van der Waals surface area contributed by atoms with Gasteiger partial charge < -0.3 is 10.6 Å². The van der Waals surface area contributed by atoms with Gasteiger partial charge in [0.05, 0.1) is 0 Å². The first kappa shape index (κ1) is 15.7. The molecule has 3 aromatic rings. The van der Waals surface area contributed by atoms with E-state index in [2.05, 4.69) is 22.8 Å². The Bertz CT molecular complexity index is 799. The van der Waals surface area contributed by atoms with E-state index in [0.717, 1.165) is 12.2 Å². The normalized spacial score (nSPS) is 10.2. The molecule has 3 nitrogen and oxygen atoms in total. The molecule has 0 saturated carbocycles. The number of amides is 1. The van der Waals surface area contributed by atoms with Gasteiger partial charge in [-0.3, -0.25) is 4.79 Å². The fourth-order valence-electron chi connectivity index (χ4n) is 2.28. The quantitative estimate of drug-likeness (QED) is 0.716. The summed E-state index contributed by atoms with van der Waals surface area (Å²) >= 11 is 0. The van der Waals surface area contributed by atoms with E-state index in [9.17, 15) is 9.18 Å². The van der Waals surface area contributed by atoms with Crippen LogP contribution in [0, 0.1) is 5.82 Å². The van der Waals surface area contributed by atoms with Gasteiger partial charge in [-0.15, -0.1) is 0 Å². The summed E-state index contributed by atoms with van der Waals surface area (Å²) in [7, 11) is 0. The molecule has 0 bridgehead atoms. The van der Waals surface area contributed by atoms with Crippen LogP contribution in [-0.4, -0.2) is 5.91 Å². The Morgan fingerprint density at radius 2 is 1.42 bits per heavy atom. The van der Waals surface area contributed by atoms with Gasteiger partial charge in [0.1, 0.15) is 5.82 Å². The molecule has 0 aliphatic carbocycles. The van der Waals surface area contributed by atoms with Gasteiger partial charge in [0.25, 0.3) is 5.91 Å².